The summed E-state index contributed by atoms with van der Waals surface area (Å²) in [5, 5.41) is 15.4. The predicted octanol–water partition coefficient (Wildman–Crippen LogP) is 4.25. The third-order valence-corrected chi connectivity index (χ3v) is 5.74. The van der Waals surface area contributed by atoms with Gasteiger partial charge in [-0.1, -0.05) is 30.3 Å². The van der Waals surface area contributed by atoms with Crippen molar-refractivity contribution >= 4 is 34.0 Å². The van der Waals surface area contributed by atoms with Gasteiger partial charge in [0.1, 0.15) is 5.75 Å². The standard InChI is InChI=1S/C24H23N3O5/c1-32-22-12-11-21(19-9-2-3-10-20(19)22)24(29)26-13-5-6-16(15-26)23(28)25-17-7-4-8-18(14-17)27(30)31/h2-4,7-12,14,16H,5-6,13,15H2,1H3,(H,25,28). The topological polar surface area (TPSA) is 102 Å². The number of rotatable bonds is 5. The maximum Gasteiger partial charge on any atom is 0.271 e. The molecule has 32 heavy (non-hydrogen) atoms. The lowest BCUT2D eigenvalue weighted by atomic mass is 9.95. The van der Waals surface area contributed by atoms with E-state index in [-0.39, 0.29) is 17.5 Å². The average molecular weight is 433 g/mol. The third-order valence-electron chi connectivity index (χ3n) is 5.74. The summed E-state index contributed by atoms with van der Waals surface area (Å²) in [7, 11) is 1.60. The number of non-ortho nitro benzene ring substituents is 1. The number of carbonyl (C=O) groups excluding carboxylic acids is 2. The Labute approximate surface area is 184 Å². The molecule has 8 heteroatoms. The highest BCUT2D eigenvalue weighted by atomic mass is 16.6. The van der Waals surface area contributed by atoms with E-state index in [2.05, 4.69) is 5.32 Å². The van der Waals surface area contributed by atoms with Crippen LogP contribution >= 0.6 is 0 Å². The van der Waals surface area contributed by atoms with Crippen LogP contribution in [0.25, 0.3) is 10.8 Å². The maximum atomic E-state index is 13.3. The maximum absolute atomic E-state index is 13.3. The molecular formula is C24H23N3O5. The van der Waals surface area contributed by atoms with E-state index in [1.54, 1.807) is 30.2 Å². The second-order valence-corrected chi connectivity index (χ2v) is 7.75. The van der Waals surface area contributed by atoms with E-state index in [0.717, 1.165) is 10.8 Å². The van der Waals surface area contributed by atoms with Crippen molar-refractivity contribution in [2.45, 2.75) is 12.8 Å². The lowest BCUT2D eigenvalue weighted by molar-refractivity contribution is -0.384. The Hall–Kier alpha value is -3.94. The van der Waals surface area contributed by atoms with Crippen LogP contribution in [0.3, 0.4) is 0 Å². The highest BCUT2D eigenvalue weighted by molar-refractivity contribution is 6.08. The lowest BCUT2D eigenvalue weighted by Gasteiger charge is -2.32. The van der Waals surface area contributed by atoms with E-state index < -0.39 is 10.8 Å². The van der Waals surface area contributed by atoms with Crippen molar-refractivity contribution < 1.29 is 19.2 Å². The number of nitro groups is 1. The molecule has 0 aliphatic carbocycles. The van der Waals surface area contributed by atoms with Gasteiger partial charge >= 0.3 is 0 Å². The Bertz CT molecular complexity index is 1190. The summed E-state index contributed by atoms with van der Waals surface area (Å²) in [4.78, 5) is 38.3. The van der Waals surface area contributed by atoms with Gasteiger partial charge in [-0.05, 0) is 36.4 Å². The third kappa shape index (κ3) is 4.25. The van der Waals surface area contributed by atoms with Crippen LogP contribution in [0.2, 0.25) is 0 Å². The van der Waals surface area contributed by atoms with Crippen LogP contribution in [0.5, 0.6) is 5.75 Å². The largest absolute Gasteiger partial charge is 0.496 e. The predicted molar refractivity (Wildman–Crippen MR) is 121 cm³/mol. The van der Waals surface area contributed by atoms with Gasteiger partial charge in [-0.25, -0.2) is 0 Å². The number of nitrogens with one attached hydrogen (secondary N) is 1. The van der Waals surface area contributed by atoms with Crippen molar-refractivity contribution in [2.75, 3.05) is 25.5 Å². The summed E-state index contributed by atoms with van der Waals surface area (Å²) >= 11 is 0. The number of amides is 2. The van der Waals surface area contributed by atoms with Crippen LogP contribution < -0.4 is 10.1 Å². The monoisotopic (exact) mass is 433 g/mol. The first kappa shape index (κ1) is 21.3. The molecule has 1 saturated heterocycles. The van der Waals surface area contributed by atoms with Gasteiger partial charge in [0.05, 0.1) is 18.0 Å². The minimum absolute atomic E-state index is 0.0883. The number of piperidine rings is 1. The van der Waals surface area contributed by atoms with Crippen LogP contribution in [-0.2, 0) is 4.79 Å². The lowest BCUT2D eigenvalue weighted by Crippen LogP contribution is -2.43. The molecule has 1 aliphatic heterocycles. The SMILES string of the molecule is COc1ccc(C(=O)N2CCCC(C(=O)Nc3cccc([N+](=O)[O-])c3)C2)c2ccccc12. The van der Waals surface area contributed by atoms with Gasteiger partial charge in [0.2, 0.25) is 5.91 Å². The highest BCUT2D eigenvalue weighted by Gasteiger charge is 2.30. The molecule has 1 unspecified atom stereocenters. The molecule has 3 aromatic rings. The van der Waals surface area contributed by atoms with Crippen molar-refractivity contribution in [1.82, 2.24) is 4.90 Å². The number of carbonyl (C=O) groups is 2. The van der Waals surface area contributed by atoms with Crippen molar-refractivity contribution in [3.63, 3.8) is 0 Å². The summed E-state index contributed by atoms with van der Waals surface area (Å²) in [5.74, 6) is -0.0687. The Morgan fingerprint density at radius 1 is 1.09 bits per heavy atom. The van der Waals surface area contributed by atoms with Crippen LogP contribution in [0.15, 0.2) is 60.7 Å². The van der Waals surface area contributed by atoms with E-state index >= 15 is 0 Å². The first-order chi connectivity index (χ1) is 15.5. The summed E-state index contributed by atoms with van der Waals surface area (Å²) in [5.41, 5.74) is 0.851. The van der Waals surface area contributed by atoms with Crippen molar-refractivity contribution in [3.05, 3.63) is 76.3 Å². The van der Waals surface area contributed by atoms with Crippen molar-refractivity contribution in [1.29, 1.82) is 0 Å². The minimum atomic E-state index is -0.504. The highest BCUT2D eigenvalue weighted by Crippen LogP contribution is 2.30. The summed E-state index contributed by atoms with van der Waals surface area (Å²) in [6.07, 6.45) is 1.35. The fourth-order valence-electron chi connectivity index (χ4n) is 4.12. The smallest absolute Gasteiger partial charge is 0.271 e. The second-order valence-electron chi connectivity index (χ2n) is 7.75. The van der Waals surface area contributed by atoms with Gasteiger partial charge in [-0.3, -0.25) is 19.7 Å². The normalized spacial score (nSPS) is 15.9. The molecule has 8 nitrogen and oxygen atoms in total. The molecule has 1 aliphatic rings. The number of ether oxygens (including phenoxy) is 1. The van der Waals surface area contributed by atoms with E-state index in [1.165, 1.54) is 18.2 Å². The minimum Gasteiger partial charge on any atom is -0.496 e. The van der Waals surface area contributed by atoms with Crippen LogP contribution in [0.1, 0.15) is 23.2 Å². The molecule has 0 spiro atoms. The quantitative estimate of drug-likeness (QED) is 0.479. The Morgan fingerprint density at radius 2 is 1.88 bits per heavy atom. The van der Waals surface area contributed by atoms with Crippen molar-refractivity contribution in [2.24, 2.45) is 5.92 Å². The Kier molecular flexibility index (Phi) is 6.02. The number of hydrogen-bond donors (Lipinski definition) is 1. The molecule has 1 atom stereocenters. The number of fused-ring (bicyclic) bond motifs is 1. The number of methoxy groups -OCH3 is 1. The van der Waals surface area contributed by atoms with E-state index in [0.29, 0.717) is 42.9 Å². The molecule has 164 valence electrons. The zero-order valence-corrected chi connectivity index (χ0v) is 17.6. The molecule has 0 radical (unpaired) electrons. The molecule has 0 aromatic heterocycles. The summed E-state index contributed by atoms with van der Waals surface area (Å²) < 4.78 is 5.42. The first-order valence-corrected chi connectivity index (χ1v) is 10.4. The molecule has 4 rings (SSSR count). The fraction of sp³-hybridized carbons (Fsp3) is 0.250. The molecule has 1 fully saturated rings. The summed E-state index contributed by atoms with van der Waals surface area (Å²) in [6, 6.07) is 17.0. The van der Waals surface area contributed by atoms with Gasteiger partial charge in [0.15, 0.2) is 0 Å². The van der Waals surface area contributed by atoms with Gasteiger partial charge in [-0.2, -0.15) is 0 Å². The Balaban J connectivity index is 1.51. The van der Waals surface area contributed by atoms with Gasteiger partial charge in [-0.15, -0.1) is 0 Å². The van der Waals surface area contributed by atoms with E-state index in [4.69, 9.17) is 4.74 Å². The molecule has 0 bridgehead atoms. The Morgan fingerprint density at radius 3 is 2.62 bits per heavy atom. The van der Waals surface area contributed by atoms with E-state index in [9.17, 15) is 19.7 Å². The molecule has 1 N–H and O–H groups in total. The number of likely N-dealkylation sites (tertiary alicyclic amines) is 1. The number of benzene rings is 3. The van der Waals surface area contributed by atoms with Crippen LogP contribution in [0, 0.1) is 16.0 Å². The number of nitro benzene ring substituents is 1. The van der Waals surface area contributed by atoms with Gasteiger partial charge in [0, 0.05) is 41.9 Å². The zero-order chi connectivity index (χ0) is 22.7. The fourth-order valence-corrected chi connectivity index (χ4v) is 4.12. The number of nitrogens with zero attached hydrogens (tertiary/aromatic N) is 2. The summed E-state index contributed by atoms with van der Waals surface area (Å²) in [6.45, 7) is 0.861. The zero-order valence-electron chi connectivity index (χ0n) is 17.6. The number of anilines is 1. The molecular weight excluding hydrogens is 410 g/mol. The second kappa shape index (κ2) is 9.05. The van der Waals surface area contributed by atoms with Gasteiger partial charge in [0.25, 0.3) is 11.6 Å². The molecule has 0 saturated carbocycles. The molecule has 2 amide bonds. The van der Waals surface area contributed by atoms with E-state index in [1.807, 2.05) is 24.3 Å². The molecule has 1 heterocycles. The van der Waals surface area contributed by atoms with Crippen LogP contribution in [-0.4, -0.2) is 41.8 Å². The molecule has 3 aromatic carbocycles. The van der Waals surface area contributed by atoms with Crippen LogP contribution in [0.4, 0.5) is 11.4 Å². The van der Waals surface area contributed by atoms with Crippen molar-refractivity contribution in [3.8, 4) is 5.75 Å². The van der Waals surface area contributed by atoms with Gasteiger partial charge < -0.3 is 15.0 Å². The average Bonchev–Trinajstić information content (AvgIpc) is 2.83. The number of hydrogen-bond acceptors (Lipinski definition) is 5. The first-order valence-electron chi connectivity index (χ1n) is 10.4.